The molecular formula is C23H22ClN3O2Si. The van der Waals surface area contributed by atoms with Gasteiger partial charge in [-0.05, 0) is 23.2 Å². The minimum Gasteiger partial charge on any atom is -0.344 e. The van der Waals surface area contributed by atoms with Gasteiger partial charge in [0.05, 0.1) is 27.3 Å². The van der Waals surface area contributed by atoms with E-state index >= 15 is 0 Å². The number of pyridine rings is 2. The van der Waals surface area contributed by atoms with Crippen molar-refractivity contribution in [1.29, 1.82) is 0 Å². The van der Waals surface area contributed by atoms with E-state index in [2.05, 4.69) is 38.8 Å². The second-order valence-corrected chi connectivity index (χ2v) is 15.0. The zero-order chi connectivity index (χ0) is 21.6. The van der Waals surface area contributed by atoms with Gasteiger partial charge in [-0.2, -0.15) is 0 Å². The molecule has 2 aromatic carbocycles. The van der Waals surface area contributed by atoms with Gasteiger partial charge in [0.25, 0.3) is 11.1 Å². The third-order valence-corrected chi connectivity index (χ3v) is 12.2. The topological polar surface area (TPSA) is 67.8 Å². The van der Waals surface area contributed by atoms with E-state index in [0.29, 0.717) is 26.8 Å². The number of nitrogens with zero attached hydrogens (tertiary/aromatic N) is 2. The smallest absolute Gasteiger partial charge is 0.253 e. The van der Waals surface area contributed by atoms with Gasteiger partial charge in [-0.1, -0.05) is 63.7 Å². The maximum absolute atomic E-state index is 13.8. The van der Waals surface area contributed by atoms with Gasteiger partial charge in [0.2, 0.25) is 0 Å². The fraction of sp³-hybridized carbons (Fsp3) is 0.261. The number of hydrogen-bond acceptors (Lipinski definition) is 3. The van der Waals surface area contributed by atoms with E-state index in [1.54, 1.807) is 6.07 Å². The number of aromatic nitrogens is 3. The van der Waals surface area contributed by atoms with Gasteiger partial charge in [-0.3, -0.25) is 9.59 Å². The van der Waals surface area contributed by atoms with Crippen LogP contribution in [0.4, 0.5) is 0 Å². The Kier molecular flexibility index (Phi) is 3.81. The lowest BCUT2D eigenvalue weighted by molar-refractivity contribution is 0.692. The van der Waals surface area contributed by atoms with Crippen LogP contribution in [0.25, 0.3) is 43.5 Å². The highest BCUT2D eigenvalue weighted by molar-refractivity contribution is 6.78. The highest BCUT2D eigenvalue weighted by Crippen LogP contribution is 2.38. The molecule has 5 nitrogen and oxygen atoms in total. The van der Waals surface area contributed by atoms with Crippen molar-refractivity contribution in [3.05, 3.63) is 62.3 Å². The number of nitrogens with one attached hydrogen (secondary N) is 1. The SMILES string of the molecule is CC(C)(C)[Si](C)(C)n1c(=O)c2cc(Cl)[nH]c3c4nc5ccccc5c4cc(c1=O)c23. The summed E-state index contributed by atoms with van der Waals surface area (Å²) in [6.07, 6.45) is 0. The summed E-state index contributed by atoms with van der Waals surface area (Å²) in [5.41, 5.74) is 1.71. The fourth-order valence-corrected chi connectivity index (χ4v) is 6.31. The number of hydrogen-bond donors (Lipinski definition) is 1. The molecule has 0 atom stereocenters. The maximum Gasteiger partial charge on any atom is 0.253 e. The number of aromatic amines is 1. The van der Waals surface area contributed by atoms with Crippen LogP contribution in [0.2, 0.25) is 23.3 Å². The first-order valence-corrected chi connectivity index (χ1v) is 13.3. The van der Waals surface area contributed by atoms with Crippen molar-refractivity contribution in [3.8, 4) is 0 Å². The summed E-state index contributed by atoms with van der Waals surface area (Å²) < 4.78 is 1.53. The van der Waals surface area contributed by atoms with Crippen LogP contribution in [-0.4, -0.2) is 22.4 Å². The molecule has 3 aromatic heterocycles. The molecule has 0 saturated carbocycles. The third-order valence-electron chi connectivity index (χ3n) is 6.77. The average Bonchev–Trinajstić information content (AvgIpc) is 3.03. The quantitative estimate of drug-likeness (QED) is 0.279. The van der Waals surface area contributed by atoms with Crippen LogP contribution >= 0.6 is 11.6 Å². The highest BCUT2D eigenvalue weighted by atomic mass is 35.5. The molecule has 3 heterocycles. The summed E-state index contributed by atoms with van der Waals surface area (Å²) in [4.78, 5) is 35.3. The molecule has 5 rings (SSSR count). The zero-order valence-electron chi connectivity index (χ0n) is 17.6. The fourth-order valence-electron chi connectivity index (χ4n) is 4.18. The standard InChI is InChI=1S/C23H22ClN3O2Si/c1-23(2,3)30(4,5)27-21(28)14-10-13-12-8-6-7-9-16(12)25-19(13)20-18(14)15(22(27)29)11-17(24)26-20/h6-11,26H,1-5H3. The van der Waals surface area contributed by atoms with Crippen LogP contribution in [0.3, 0.4) is 0 Å². The minimum absolute atomic E-state index is 0.182. The Labute approximate surface area is 178 Å². The molecule has 30 heavy (non-hydrogen) atoms. The molecule has 152 valence electrons. The Balaban J connectivity index is 2.11. The van der Waals surface area contributed by atoms with Crippen molar-refractivity contribution < 1.29 is 0 Å². The molecule has 0 aliphatic carbocycles. The van der Waals surface area contributed by atoms with Crippen LogP contribution in [0.5, 0.6) is 0 Å². The summed E-state index contributed by atoms with van der Waals surface area (Å²) >= 11 is 6.40. The van der Waals surface area contributed by atoms with E-state index in [0.717, 1.165) is 21.8 Å². The molecule has 0 aliphatic rings. The van der Waals surface area contributed by atoms with E-state index in [-0.39, 0.29) is 16.2 Å². The lowest BCUT2D eigenvalue weighted by Gasteiger charge is -2.37. The Morgan fingerprint density at radius 1 is 0.967 bits per heavy atom. The van der Waals surface area contributed by atoms with Gasteiger partial charge in [-0.25, -0.2) is 4.98 Å². The van der Waals surface area contributed by atoms with Crippen molar-refractivity contribution in [2.75, 3.05) is 0 Å². The summed E-state index contributed by atoms with van der Waals surface area (Å²) in [6, 6.07) is 11.4. The van der Waals surface area contributed by atoms with Crippen molar-refractivity contribution in [2.45, 2.75) is 38.9 Å². The van der Waals surface area contributed by atoms with Gasteiger partial charge in [-0.15, -0.1) is 0 Å². The maximum atomic E-state index is 13.8. The molecule has 0 saturated heterocycles. The molecule has 7 heteroatoms. The molecule has 1 N–H and O–H groups in total. The number of benzene rings is 2. The molecule has 0 bridgehead atoms. The highest BCUT2D eigenvalue weighted by Gasteiger charge is 2.40. The van der Waals surface area contributed by atoms with Crippen LogP contribution in [0.1, 0.15) is 20.8 Å². The first kappa shape index (κ1) is 19.3. The minimum atomic E-state index is -2.47. The summed E-state index contributed by atoms with van der Waals surface area (Å²) in [7, 11) is -2.47. The molecule has 0 fully saturated rings. The Hall–Kier alpha value is -2.70. The Morgan fingerprint density at radius 2 is 1.60 bits per heavy atom. The molecule has 0 unspecified atom stereocenters. The van der Waals surface area contributed by atoms with E-state index in [9.17, 15) is 9.59 Å². The molecule has 5 aromatic rings. The summed E-state index contributed by atoms with van der Waals surface area (Å²) in [5.74, 6) is 0. The number of H-pyrrole nitrogens is 1. The van der Waals surface area contributed by atoms with Crippen LogP contribution in [-0.2, 0) is 0 Å². The lowest BCUT2D eigenvalue weighted by Crippen LogP contribution is -2.56. The first-order chi connectivity index (χ1) is 14.0. The molecule has 0 radical (unpaired) electrons. The van der Waals surface area contributed by atoms with Crippen molar-refractivity contribution in [3.63, 3.8) is 0 Å². The van der Waals surface area contributed by atoms with E-state index < -0.39 is 8.24 Å². The van der Waals surface area contributed by atoms with Gasteiger partial charge in [0, 0.05) is 16.2 Å². The largest absolute Gasteiger partial charge is 0.344 e. The molecule has 0 aliphatic heterocycles. The number of halogens is 1. The molecule has 0 spiro atoms. The normalized spacial score (nSPS) is 13.3. The van der Waals surface area contributed by atoms with Crippen molar-refractivity contribution in [1.82, 2.24) is 14.2 Å². The monoisotopic (exact) mass is 435 g/mol. The van der Waals surface area contributed by atoms with Gasteiger partial charge in [0.15, 0.2) is 8.24 Å². The first-order valence-electron chi connectivity index (χ1n) is 9.95. The summed E-state index contributed by atoms with van der Waals surface area (Å²) in [6.45, 7) is 10.4. The second kappa shape index (κ2) is 5.92. The van der Waals surface area contributed by atoms with Crippen LogP contribution in [0, 0.1) is 0 Å². The van der Waals surface area contributed by atoms with Crippen LogP contribution < -0.4 is 11.1 Å². The predicted octanol–water partition coefficient (Wildman–Crippen LogP) is 5.49. The van der Waals surface area contributed by atoms with E-state index in [1.807, 2.05) is 30.3 Å². The van der Waals surface area contributed by atoms with Crippen molar-refractivity contribution in [2.24, 2.45) is 0 Å². The number of para-hydroxylation sites is 1. The Bertz CT molecular complexity index is 1610. The van der Waals surface area contributed by atoms with Gasteiger partial charge >= 0.3 is 0 Å². The average molecular weight is 436 g/mol. The third kappa shape index (κ3) is 2.37. The number of fused-ring (bicyclic) bond motifs is 4. The van der Waals surface area contributed by atoms with Crippen molar-refractivity contribution >= 4 is 63.3 Å². The van der Waals surface area contributed by atoms with E-state index in [1.165, 1.54) is 4.23 Å². The summed E-state index contributed by atoms with van der Waals surface area (Å²) in [5, 5.41) is 3.63. The van der Waals surface area contributed by atoms with Gasteiger partial charge in [0.1, 0.15) is 5.15 Å². The molecular weight excluding hydrogens is 414 g/mol. The van der Waals surface area contributed by atoms with E-state index in [4.69, 9.17) is 16.6 Å². The molecule has 0 amide bonds. The van der Waals surface area contributed by atoms with Gasteiger partial charge < -0.3 is 9.22 Å². The predicted molar refractivity (Wildman–Crippen MR) is 128 cm³/mol. The van der Waals surface area contributed by atoms with Crippen LogP contribution in [0.15, 0.2) is 46.0 Å². The zero-order valence-corrected chi connectivity index (χ0v) is 19.3. The second-order valence-electron chi connectivity index (χ2n) is 9.48. The Morgan fingerprint density at radius 3 is 2.27 bits per heavy atom. The lowest BCUT2D eigenvalue weighted by atomic mass is 10.0. The number of rotatable bonds is 1.